The van der Waals surface area contributed by atoms with Crippen LogP contribution >= 0.6 is 12.6 Å². The molecule has 0 aromatic carbocycles. The van der Waals surface area contributed by atoms with E-state index in [1.165, 1.54) is 0 Å². The number of quaternary nitrogens is 1. The van der Waals surface area contributed by atoms with Gasteiger partial charge in [0.1, 0.15) is 6.54 Å². The van der Waals surface area contributed by atoms with E-state index < -0.39 is 5.97 Å². The quantitative estimate of drug-likeness (QED) is 0.419. The Morgan fingerprint density at radius 1 is 1.50 bits per heavy atom. The summed E-state index contributed by atoms with van der Waals surface area (Å²) < 4.78 is 0.844. The predicted octanol–water partition coefficient (Wildman–Crippen LogP) is -1.65. The van der Waals surface area contributed by atoms with Gasteiger partial charge < -0.3 is 19.5 Å². The van der Waals surface area contributed by atoms with Crippen molar-refractivity contribution in [2.24, 2.45) is 0 Å². The van der Waals surface area contributed by atoms with Crippen LogP contribution in [-0.2, 0) is 4.79 Å². The molecule has 74 valence electrons. The van der Waals surface area contributed by atoms with E-state index in [-0.39, 0.29) is 12.4 Å². The zero-order chi connectivity index (χ0) is 10.2. The van der Waals surface area contributed by atoms with E-state index in [1.807, 2.05) is 0 Å². The van der Waals surface area contributed by atoms with E-state index in [4.69, 9.17) is 5.11 Å². The second-order valence-electron chi connectivity index (χ2n) is 3.27. The van der Waals surface area contributed by atoms with Crippen LogP contribution in [0.3, 0.4) is 0 Å². The van der Waals surface area contributed by atoms with Crippen LogP contribution in [0.2, 0.25) is 0 Å². The summed E-state index contributed by atoms with van der Waals surface area (Å²) >= 11 is 3.35. The number of carbonyl (C=O) groups is 1. The third-order valence-electron chi connectivity index (χ3n) is 0.900. The van der Waals surface area contributed by atoms with Gasteiger partial charge in [0.2, 0.25) is 0 Å². The predicted molar refractivity (Wildman–Crippen MR) is 48.8 cm³/mol. The first kappa shape index (κ1) is 14.3. The lowest BCUT2D eigenvalue weighted by atomic mass is 10.5. The molecule has 0 amide bonds. The molecule has 0 fully saturated rings. The molecular weight excluding hydrogens is 178 g/mol. The highest BCUT2D eigenvalue weighted by Gasteiger charge is 2.02. The van der Waals surface area contributed by atoms with Crippen molar-refractivity contribution in [3.05, 3.63) is 0 Å². The summed E-state index contributed by atoms with van der Waals surface area (Å²) in [5.74, 6) is -1.33. The fourth-order valence-corrected chi connectivity index (χ4v) is 0.300. The van der Waals surface area contributed by atoms with Crippen LogP contribution in [0, 0.1) is 0 Å². The number of hydrogen-bond donors (Lipinski definition) is 2. The normalized spacial score (nSPS) is 10.1. The van der Waals surface area contributed by atoms with Crippen LogP contribution in [-0.4, -0.2) is 55.6 Å². The molecule has 1 N–H and O–H groups in total. The Morgan fingerprint density at radius 3 is 1.83 bits per heavy atom. The number of likely N-dealkylation sites (N-methyl/N-ethyl adjacent to an activating group) is 1. The number of thiol groups is 1. The van der Waals surface area contributed by atoms with Gasteiger partial charge in [0.15, 0.2) is 0 Å². The maximum Gasteiger partial charge on any atom is 0.101 e. The van der Waals surface area contributed by atoms with Crippen molar-refractivity contribution in [1.82, 2.24) is 0 Å². The van der Waals surface area contributed by atoms with E-state index >= 15 is 0 Å². The smallest absolute Gasteiger partial charge is 0.101 e. The molecule has 0 aliphatic heterocycles. The number of carbonyl (C=O) groups excluding carboxylic acids is 1. The first-order chi connectivity index (χ1) is 5.33. The Morgan fingerprint density at radius 2 is 1.83 bits per heavy atom. The van der Waals surface area contributed by atoms with Gasteiger partial charge in [0, 0.05) is 5.75 Å². The Labute approximate surface area is 78.8 Å². The maximum absolute atomic E-state index is 9.18. The largest absolute Gasteiger partial charge is 0.549 e. The highest BCUT2D eigenvalue weighted by Crippen LogP contribution is 1.84. The molecule has 0 aromatic rings. The van der Waals surface area contributed by atoms with E-state index in [1.54, 1.807) is 0 Å². The van der Waals surface area contributed by atoms with E-state index in [0.717, 1.165) is 11.0 Å². The van der Waals surface area contributed by atoms with Crippen LogP contribution < -0.4 is 5.11 Å². The third-order valence-corrected chi connectivity index (χ3v) is 1.16. The number of carboxylic acids is 1. The number of carboxylic acid groups (broad SMARTS) is 1. The molecule has 0 bridgehead atoms. The number of hydrogen-bond acceptors (Lipinski definition) is 4. The van der Waals surface area contributed by atoms with Gasteiger partial charge in [-0.05, 0) is 0 Å². The SMILES string of the molecule is C[N+](C)(C)CCO.O=C([O-])CS. The lowest BCUT2D eigenvalue weighted by Crippen LogP contribution is -2.36. The van der Waals surface area contributed by atoms with Gasteiger partial charge >= 0.3 is 0 Å². The molecule has 4 nitrogen and oxygen atoms in total. The van der Waals surface area contributed by atoms with Gasteiger partial charge in [-0.25, -0.2) is 0 Å². The van der Waals surface area contributed by atoms with Gasteiger partial charge in [-0.3, -0.25) is 0 Å². The maximum atomic E-state index is 9.18. The molecule has 12 heavy (non-hydrogen) atoms. The average molecular weight is 195 g/mol. The second-order valence-corrected chi connectivity index (χ2v) is 3.58. The molecule has 0 aliphatic carbocycles. The first-order valence-corrected chi connectivity index (χ1v) is 4.18. The Kier molecular flexibility index (Phi) is 8.79. The Balaban J connectivity index is 0. The molecule has 0 atom stereocenters. The number of nitrogens with zero attached hydrogens (tertiary/aromatic N) is 1. The molecule has 0 heterocycles. The molecule has 0 radical (unpaired) electrons. The van der Waals surface area contributed by atoms with Crippen molar-refractivity contribution in [3.8, 4) is 0 Å². The highest BCUT2D eigenvalue weighted by atomic mass is 32.1. The van der Waals surface area contributed by atoms with Crippen molar-refractivity contribution in [2.75, 3.05) is 40.0 Å². The number of rotatable bonds is 3. The fourth-order valence-electron chi connectivity index (χ4n) is 0.300. The molecule has 0 saturated heterocycles. The summed E-state index contributed by atoms with van der Waals surface area (Å²) in [5.41, 5.74) is 0. The Bertz CT molecular complexity index is 122. The molecule has 0 aliphatic rings. The zero-order valence-corrected chi connectivity index (χ0v) is 8.67. The van der Waals surface area contributed by atoms with Gasteiger partial charge in [0.05, 0.1) is 33.7 Å². The summed E-state index contributed by atoms with van der Waals surface area (Å²) in [6.07, 6.45) is 0. The van der Waals surface area contributed by atoms with Crippen molar-refractivity contribution in [3.63, 3.8) is 0 Å². The number of aliphatic carboxylic acids is 1. The van der Waals surface area contributed by atoms with Crippen molar-refractivity contribution >= 4 is 18.6 Å². The van der Waals surface area contributed by atoms with Crippen LogP contribution in [0.5, 0.6) is 0 Å². The monoisotopic (exact) mass is 195 g/mol. The molecule has 0 spiro atoms. The van der Waals surface area contributed by atoms with Gasteiger partial charge in [0.25, 0.3) is 0 Å². The number of aliphatic hydroxyl groups is 1. The summed E-state index contributed by atoms with van der Waals surface area (Å²) in [6, 6.07) is 0. The highest BCUT2D eigenvalue weighted by molar-refractivity contribution is 7.81. The Hall–Kier alpha value is -0.260. The molecule has 0 unspecified atom stereocenters. The average Bonchev–Trinajstić information content (AvgIpc) is 1.86. The lowest BCUT2D eigenvalue weighted by molar-refractivity contribution is -0.870. The van der Waals surface area contributed by atoms with E-state index in [2.05, 4.69) is 33.8 Å². The van der Waals surface area contributed by atoms with Gasteiger partial charge in [-0.2, -0.15) is 12.6 Å². The molecule has 5 heteroatoms. The van der Waals surface area contributed by atoms with Crippen LogP contribution in [0.25, 0.3) is 0 Å². The topological polar surface area (TPSA) is 60.4 Å². The lowest BCUT2D eigenvalue weighted by Gasteiger charge is -2.21. The molecule has 0 aromatic heterocycles. The molecule has 0 rings (SSSR count). The van der Waals surface area contributed by atoms with Crippen LogP contribution in [0.15, 0.2) is 0 Å². The van der Waals surface area contributed by atoms with Crippen molar-refractivity contribution < 1.29 is 19.5 Å². The number of aliphatic hydroxyl groups excluding tert-OH is 1. The van der Waals surface area contributed by atoms with E-state index in [9.17, 15) is 9.90 Å². The zero-order valence-electron chi connectivity index (χ0n) is 7.78. The van der Waals surface area contributed by atoms with Crippen LogP contribution in [0.1, 0.15) is 0 Å². The summed E-state index contributed by atoms with van der Waals surface area (Å²) in [4.78, 5) is 9.18. The fraction of sp³-hybridized carbons (Fsp3) is 0.857. The minimum Gasteiger partial charge on any atom is -0.549 e. The molecule has 0 saturated carbocycles. The molecular formula is C7H17NO3S. The summed E-state index contributed by atoms with van der Waals surface area (Å²) in [7, 11) is 6.16. The minimum absolute atomic E-state index is 0.194. The second kappa shape index (κ2) is 7.39. The van der Waals surface area contributed by atoms with Gasteiger partial charge in [-0.1, -0.05) is 0 Å². The van der Waals surface area contributed by atoms with Gasteiger partial charge in [-0.15, -0.1) is 0 Å². The van der Waals surface area contributed by atoms with Crippen molar-refractivity contribution in [1.29, 1.82) is 0 Å². The minimum atomic E-state index is -1.13. The standard InChI is InChI=1S/C5H14NO.C2H4O2S/c1-6(2,3)4-5-7;3-2(4)1-5/h7H,4-5H2,1-3H3;5H,1H2,(H,3,4)/q+1;/p-1. The van der Waals surface area contributed by atoms with Crippen molar-refractivity contribution in [2.45, 2.75) is 0 Å². The van der Waals surface area contributed by atoms with Crippen LogP contribution in [0.4, 0.5) is 0 Å². The third kappa shape index (κ3) is 22.6. The summed E-state index contributed by atoms with van der Waals surface area (Å²) in [5, 5.41) is 17.6. The first-order valence-electron chi connectivity index (χ1n) is 3.55. The summed E-state index contributed by atoms with van der Waals surface area (Å²) in [6.45, 7) is 1.11. The van der Waals surface area contributed by atoms with E-state index in [0.29, 0.717) is 0 Å².